The summed E-state index contributed by atoms with van der Waals surface area (Å²) in [5, 5.41) is 12.1. The molecule has 4 atom stereocenters. The number of nitrogens with one attached hydrogen (secondary N) is 1. The molecule has 0 aliphatic carbocycles. The van der Waals surface area contributed by atoms with Crippen LogP contribution in [0, 0.1) is 0 Å². The van der Waals surface area contributed by atoms with Crippen molar-refractivity contribution in [3.8, 4) is 0 Å². The number of rotatable bonds is 4. The van der Waals surface area contributed by atoms with Crippen LogP contribution in [0.15, 0.2) is 0 Å². The van der Waals surface area contributed by atoms with Crippen molar-refractivity contribution in [3.05, 3.63) is 0 Å². The molecule has 2 N–H and O–H groups in total. The lowest BCUT2D eigenvalue weighted by molar-refractivity contribution is -0.139. The van der Waals surface area contributed by atoms with Crippen molar-refractivity contribution in [3.63, 3.8) is 0 Å². The van der Waals surface area contributed by atoms with E-state index in [1.54, 1.807) is 0 Å². The molecule has 0 radical (unpaired) electrons. The van der Waals surface area contributed by atoms with Crippen LogP contribution >= 0.6 is 0 Å². The first-order chi connectivity index (χ1) is 6.70. The van der Waals surface area contributed by atoms with Crippen molar-refractivity contribution < 1.29 is 14.6 Å². The Morgan fingerprint density at radius 2 is 2.43 bits per heavy atom. The van der Waals surface area contributed by atoms with Crippen LogP contribution in [0.25, 0.3) is 0 Å². The van der Waals surface area contributed by atoms with Gasteiger partial charge in [0.15, 0.2) is 0 Å². The van der Waals surface area contributed by atoms with E-state index in [0.717, 1.165) is 19.3 Å². The quantitative estimate of drug-likeness (QED) is 0.701. The molecule has 2 saturated heterocycles. The number of ether oxygens (including phenoxy) is 1. The fourth-order valence-corrected chi connectivity index (χ4v) is 2.44. The van der Waals surface area contributed by atoms with E-state index in [1.165, 1.54) is 0 Å². The van der Waals surface area contributed by atoms with E-state index in [-0.39, 0.29) is 12.1 Å². The molecule has 2 fully saturated rings. The van der Waals surface area contributed by atoms with Crippen molar-refractivity contribution in [1.82, 2.24) is 5.32 Å². The molecule has 0 aromatic heterocycles. The second-order valence-corrected chi connectivity index (χ2v) is 4.18. The largest absolute Gasteiger partial charge is 0.480 e. The zero-order chi connectivity index (χ0) is 10.1. The van der Waals surface area contributed by atoms with Gasteiger partial charge in [-0.3, -0.25) is 10.1 Å². The Morgan fingerprint density at radius 1 is 1.64 bits per heavy atom. The average Bonchev–Trinajstić information content (AvgIpc) is 2.74. The molecule has 14 heavy (non-hydrogen) atoms. The minimum atomic E-state index is -0.754. The maximum atomic E-state index is 10.8. The Balaban J connectivity index is 1.88. The third-order valence-corrected chi connectivity index (χ3v) is 3.23. The molecule has 4 nitrogen and oxygen atoms in total. The minimum absolute atomic E-state index is 0.258. The molecular formula is C10H17NO3. The van der Waals surface area contributed by atoms with Gasteiger partial charge in [-0.2, -0.15) is 0 Å². The van der Waals surface area contributed by atoms with E-state index < -0.39 is 12.0 Å². The number of hydrogen-bond acceptors (Lipinski definition) is 3. The van der Waals surface area contributed by atoms with E-state index in [2.05, 4.69) is 5.32 Å². The van der Waals surface area contributed by atoms with Gasteiger partial charge in [-0.25, -0.2) is 0 Å². The second-order valence-electron chi connectivity index (χ2n) is 4.18. The summed E-state index contributed by atoms with van der Waals surface area (Å²) in [6.07, 6.45) is 4.47. The summed E-state index contributed by atoms with van der Waals surface area (Å²) in [6, 6.07) is -0.155. The molecule has 2 aliphatic heterocycles. The summed E-state index contributed by atoms with van der Waals surface area (Å²) >= 11 is 0. The number of carbonyl (C=O) groups is 1. The van der Waals surface area contributed by atoms with Gasteiger partial charge < -0.3 is 9.84 Å². The summed E-state index contributed by atoms with van der Waals surface area (Å²) < 4.78 is 5.65. The third-order valence-electron chi connectivity index (χ3n) is 3.23. The second kappa shape index (κ2) is 3.87. The van der Waals surface area contributed by atoms with Gasteiger partial charge in [-0.15, -0.1) is 0 Å². The van der Waals surface area contributed by atoms with E-state index >= 15 is 0 Å². The molecule has 0 aromatic carbocycles. The summed E-state index contributed by atoms with van der Waals surface area (Å²) in [5.41, 5.74) is 0. The molecule has 0 spiro atoms. The molecule has 2 aliphatic rings. The lowest BCUT2D eigenvalue weighted by Gasteiger charge is -2.23. The summed E-state index contributed by atoms with van der Waals surface area (Å²) in [6.45, 7) is 1.89. The van der Waals surface area contributed by atoms with Crippen LogP contribution < -0.4 is 5.32 Å². The highest BCUT2D eigenvalue weighted by Gasteiger charge is 2.41. The maximum Gasteiger partial charge on any atom is 0.320 e. The zero-order valence-corrected chi connectivity index (χ0v) is 8.40. The fraction of sp³-hybridized carbons (Fsp3) is 0.900. The normalized spacial score (nSPS) is 37.4. The first kappa shape index (κ1) is 9.93. The Morgan fingerprint density at radius 3 is 2.86 bits per heavy atom. The van der Waals surface area contributed by atoms with Crippen LogP contribution in [0.2, 0.25) is 0 Å². The predicted octanol–water partition coefficient (Wildman–Crippen LogP) is 0.759. The van der Waals surface area contributed by atoms with E-state index in [1.807, 2.05) is 6.92 Å². The first-order valence-corrected chi connectivity index (χ1v) is 5.35. The van der Waals surface area contributed by atoms with Gasteiger partial charge in [0.1, 0.15) is 6.04 Å². The zero-order valence-electron chi connectivity index (χ0n) is 8.40. The molecule has 80 valence electrons. The molecule has 0 amide bonds. The fourth-order valence-electron chi connectivity index (χ4n) is 2.44. The minimum Gasteiger partial charge on any atom is -0.480 e. The van der Waals surface area contributed by atoms with Gasteiger partial charge in [0.05, 0.1) is 12.2 Å². The van der Waals surface area contributed by atoms with Crippen LogP contribution in [-0.4, -0.2) is 35.4 Å². The third kappa shape index (κ3) is 1.77. The van der Waals surface area contributed by atoms with Crippen LogP contribution in [0.1, 0.15) is 32.6 Å². The summed E-state index contributed by atoms with van der Waals surface area (Å²) in [5.74, 6) is -0.754. The lowest BCUT2D eigenvalue weighted by atomic mass is 9.94. The molecule has 2 bridgehead atoms. The monoisotopic (exact) mass is 199 g/mol. The SMILES string of the molecule is CCC(NC1CC2CCC1O2)C(=O)O. The van der Waals surface area contributed by atoms with Gasteiger partial charge in [0.2, 0.25) is 0 Å². The summed E-state index contributed by atoms with van der Waals surface area (Å²) in [7, 11) is 0. The molecule has 2 heterocycles. The Labute approximate surface area is 83.6 Å². The van der Waals surface area contributed by atoms with Crippen LogP contribution in [0.4, 0.5) is 0 Å². The predicted molar refractivity (Wildman–Crippen MR) is 51.2 cm³/mol. The van der Waals surface area contributed by atoms with Gasteiger partial charge in [0, 0.05) is 6.04 Å². The van der Waals surface area contributed by atoms with E-state index in [9.17, 15) is 4.79 Å². The van der Waals surface area contributed by atoms with Crippen molar-refractivity contribution in [2.45, 2.75) is 56.9 Å². The van der Waals surface area contributed by atoms with Gasteiger partial charge in [0.25, 0.3) is 0 Å². The smallest absolute Gasteiger partial charge is 0.320 e. The van der Waals surface area contributed by atoms with Crippen LogP contribution in [0.5, 0.6) is 0 Å². The molecular weight excluding hydrogens is 182 g/mol. The Hall–Kier alpha value is -0.610. The summed E-state index contributed by atoms with van der Waals surface area (Å²) in [4.78, 5) is 10.8. The number of carboxylic acid groups (broad SMARTS) is 1. The van der Waals surface area contributed by atoms with Gasteiger partial charge in [-0.05, 0) is 25.7 Å². The average molecular weight is 199 g/mol. The maximum absolute atomic E-state index is 10.8. The van der Waals surface area contributed by atoms with Gasteiger partial charge in [-0.1, -0.05) is 6.92 Å². The van der Waals surface area contributed by atoms with E-state index in [4.69, 9.17) is 9.84 Å². The first-order valence-electron chi connectivity index (χ1n) is 5.35. The Bertz CT molecular complexity index is 231. The molecule has 2 rings (SSSR count). The molecule has 0 saturated carbocycles. The number of aliphatic carboxylic acids is 1. The van der Waals surface area contributed by atoms with Crippen LogP contribution in [0.3, 0.4) is 0 Å². The molecule has 4 unspecified atom stereocenters. The Kier molecular flexibility index (Phi) is 2.74. The number of fused-ring (bicyclic) bond motifs is 2. The topological polar surface area (TPSA) is 58.6 Å². The van der Waals surface area contributed by atoms with E-state index in [0.29, 0.717) is 12.5 Å². The van der Waals surface area contributed by atoms with Crippen LogP contribution in [-0.2, 0) is 9.53 Å². The number of hydrogen-bond donors (Lipinski definition) is 2. The van der Waals surface area contributed by atoms with Crippen molar-refractivity contribution >= 4 is 5.97 Å². The van der Waals surface area contributed by atoms with Crippen molar-refractivity contribution in [1.29, 1.82) is 0 Å². The lowest BCUT2D eigenvalue weighted by Crippen LogP contribution is -2.47. The standard InChI is InChI=1S/C10H17NO3/c1-2-7(10(12)13)11-8-5-6-3-4-9(8)14-6/h6-9,11H,2-5H2,1H3,(H,12,13). The highest BCUT2D eigenvalue weighted by Crippen LogP contribution is 2.34. The van der Waals surface area contributed by atoms with Crippen molar-refractivity contribution in [2.24, 2.45) is 0 Å². The molecule has 4 heteroatoms. The molecule has 0 aromatic rings. The number of carboxylic acids is 1. The van der Waals surface area contributed by atoms with Crippen molar-refractivity contribution in [2.75, 3.05) is 0 Å². The highest BCUT2D eigenvalue weighted by atomic mass is 16.5. The highest BCUT2D eigenvalue weighted by molar-refractivity contribution is 5.73. The van der Waals surface area contributed by atoms with Gasteiger partial charge >= 0.3 is 5.97 Å².